The Morgan fingerprint density at radius 3 is 2.25 bits per heavy atom. The number of hydrogen-bond acceptors (Lipinski definition) is 3. The van der Waals surface area contributed by atoms with Gasteiger partial charge < -0.3 is 0 Å². The lowest BCUT2D eigenvalue weighted by atomic mass is 10.2. The van der Waals surface area contributed by atoms with E-state index in [9.17, 15) is 9.59 Å². The highest BCUT2D eigenvalue weighted by molar-refractivity contribution is 6.32. The standard InChI is InChI=1S/C15H19N3O2/c1-9(2)6-7-12-8-13(16-17(12)5)18-14(19)10(3)11(4)15(18)20/h6,8H,7H2,1-5H3. The van der Waals surface area contributed by atoms with Gasteiger partial charge in [-0.2, -0.15) is 5.10 Å². The molecule has 0 atom stereocenters. The monoisotopic (exact) mass is 273 g/mol. The molecule has 1 aliphatic rings. The summed E-state index contributed by atoms with van der Waals surface area (Å²) in [5.41, 5.74) is 3.16. The van der Waals surface area contributed by atoms with E-state index in [1.165, 1.54) is 5.57 Å². The summed E-state index contributed by atoms with van der Waals surface area (Å²) in [6.07, 6.45) is 2.82. The summed E-state index contributed by atoms with van der Waals surface area (Å²) >= 11 is 0. The second-order valence-corrected chi connectivity index (χ2v) is 5.30. The van der Waals surface area contributed by atoms with Crippen LogP contribution in [0.25, 0.3) is 0 Å². The molecule has 0 unspecified atom stereocenters. The molecular formula is C15H19N3O2. The lowest BCUT2D eigenvalue weighted by Gasteiger charge is -2.10. The first-order valence-electron chi connectivity index (χ1n) is 6.55. The van der Waals surface area contributed by atoms with Gasteiger partial charge in [0.25, 0.3) is 11.8 Å². The second kappa shape index (κ2) is 5.07. The Labute approximate surface area is 118 Å². The van der Waals surface area contributed by atoms with Crippen LogP contribution in [0.2, 0.25) is 0 Å². The molecule has 0 fully saturated rings. The molecule has 5 heteroatoms. The molecule has 0 radical (unpaired) electrons. The van der Waals surface area contributed by atoms with Crippen LogP contribution in [0.4, 0.5) is 5.82 Å². The Bertz CT molecular complexity index is 622. The van der Waals surface area contributed by atoms with Gasteiger partial charge >= 0.3 is 0 Å². The van der Waals surface area contributed by atoms with Gasteiger partial charge in [-0.25, -0.2) is 4.90 Å². The zero-order valence-electron chi connectivity index (χ0n) is 12.5. The van der Waals surface area contributed by atoms with Crippen molar-refractivity contribution in [2.75, 3.05) is 4.90 Å². The fourth-order valence-electron chi connectivity index (χ4n) is 2.05. The van der Waals surface area contributed by atoms with Gasteiger partial charge in [0.15, 0.2) is 5.82 Å². The number of amides is 2. The average Bonchev–Trinajstić information content (AvgIpc) is 2.82. The smallest absolute Gasteiger partial charge is 0.262 e. The van der Waals surface area contributed by atoms with E-state index < -0.39 is 0 Å². The number of imide groups is 1. The second-order valence-electron chi connectivity index (χ2n) is 5.30. The molecule has 20 heavy (non-hydrogen) atoms. The summed E-state index contributed by atoms with van der Waals surface area (Å²) in [5.74, 6) is -0.158. The van der Waals surface area contributed by atoms with Gasteiger partial charge in [-0.3, -0.25) is 14.3 Å². The van der Waals surface area contributed by atoms with Gasteiger partial charge in [-0.05, 0) is 27.7 Å². The number of hydrogen-bond donors (Lipinski definition) is 0. The van der Waals surface area contributed by atoms with E-state index in [4.69, 9.17) is 0 Å². The van der Waals surface area contributed by atoms with E-state index in [2.05, 4.69) is 11.2 Å². The third-order valence-electron chi connectivity index (χ3n) is 3.52. The van der Waals surface area contributed by atoms with Crippen LogP contribution in [0.15, 0.2) is 28.9 Å². The fraction of sp³-hybridized carbons (Fsp3) is 0.400. The zero-order valence-corrected chi connectivity index (χ0v) is 12.5. The largest absolute Gasteiger partial charge is 0.270 e. The molecule has 5 nitrogen and oxygen atoms in total. The Hall–Kier alpha value is -2.17. The van der Waals surface area contributed by atoms with Crippen molar-refractivity contribution in [1.82, 2.24) is 9.78 Å². The Kier molecular flexibility index (Phi) is 3.61. The van der Waals surface area contributed by atoms with Crippen LogP contribution in [0.3, 0.4) is 0 Å². The molecule has 1 aromatic rings. The molecule has 1 aliphatic heterocycles. The quantitative estimate of drug-likeness (QED) is 0.626. The van der Waals surface area contributed by atoms with Gasteiger partial charge in [-0.1, -0.05) is 11.6 Å². The molecule has 1 aromatic heterocycles. The van der Waals surface area contributed by atoms with E-state index in [1.54, 1.807) is 24.6 Å². The lowest BCUT2D eigenvalue weighted by Crippen LogP contribution is -2.31. The number of allylic oxidation sites excluding steroid dienone is 2. The Morgan fingerprint density at radius 1 is 1.20 bits per heavy atom. The van der Waals surface area contributed by atoms with Gasteiger partial charge in [0, 0.05) is 36.4 Å². The minimum atomic E-state index is -0.278. The number of nitrogens with zero attached hydrogens (tertiary/aromatic N) is 3. The highest BCUT2D eigenvalue weighted by atomic mass is 16.2. The highest BCUT2D eigenvalue weighted by Crippen LogP contribution is 2.26. The SMILES string of the molecule is CC(C)=CCc1cc(N2C(=O)C(C)=C(C)C2=O)nn1C. The number of rotatable bonds is 3. The molecule has 0 N–H and O–H groups in total. The van der Waals surface area contributed by atoms with Gasteiger partial charge in [0.1, 0.15) is 0 Å². The third-order valence-corrected chi connectivity index (χ3v) is 3.52. The van der Waals surface area contributed by atoms with Crippen LogP contribution in [0, 0.1) is 0 Å². The number of aromatic nitrogens is 2. The van der Waals surface area contributed by atoms with Gasteiger partial charge in [0.2, 0.25) is 0 Å². The van der Waals surface area contributed by atoms with E-state index in [0.29, 0.717) is 17.0 Å². The molecule has 2 rings (SSSR count). The number of aryl methyl sites for hydroxylation is 1. The van der Waals surface area contributed by atoms with Crippen molar-refractivity contribution < 1.29 is 9.59 Å². The first-order valence-corrected chi connectivity index (χ1v) is 6.55. The average molecular weight is 273 g/mol. The molecule has 0 bridgehead atoms. The molecule has 0 spiro atoms. The van der Waals surface area contributed by atoms with Crippen molar-refractivity contribution in [2.45, 2.75) is 34.1 Å². The van der Waals surface area contributed by atoms with Crippen molar-refractivity contribution in [1.29, 1.82) is 0 Å². The molecule has 2 amide bonds. The van der Waals surface area contributed by atoms with Crippen LogP contribution < -0.4 is 4.90 Å². The van der Waals surface area contributed by atoms with Crippen LogP contribution in [0.5, 0.6) is 0 Å². The van der Waals surface area contributed by atoms with E-state index in [0.717, 1.165) is 17.0 Å². The van der Waals surface area contributed by atoms with E-state index in [-0.39, 0.29) is 11.8 Å². The number of carbonyl (C=O) groups is 2. The zero-order chi connectivity index (χ0) is 15.0. The Balaban J connectivity index is 2.32. The summed E-state index contributed by atoms with van der Waals surface area (Å²) < 4.78 is 1.71. The molecule has 2 heterocycles. The van der Waals surface area contributed by atoms with Crippen molar-refractivity contribution >= 4 is 17.6 Å². The summed E-state index contributed by atoms with van der Waals surface area (Å²) in [4.78, 5) is 25.3. The minimum Gasteiger partial charge on any atom is -0.270 e. The van der Waals surface area contributed by atoms with Crippen LogP contribution in [0.1, 0.15) is 33.4 Å². The first-order chi connectivity index (χ1) is 9.32. The lowest BCUT2D eigenvalue weighted by molar-refractivity contribution is -0.120. The van der Waals surface area contributed by atoms with Crippen molar-refractivity contribution in [3.05, 3.63) is 34.6 Å². The highest BCUT2D eigenvalue weighted by Gasteiger charge is 2.36. The molecule has 106 valence electrons. The number of carbonyl (C=O) groups excluding carboxylic acids is 2. The van der Waals surface area contributed by atoms with Crippen molar-refractivity contribution in [2.24, 2.45) is 7.05 Å². The molecule has 0 saturated heterocycles. The topological polar surface area (TPSA) is 55.2 Å². The van der Waals surface area contributed by atoms with Crippen LogP contribution in [-0.4, -0.2) is 21.6 Å². The number of anilines is 1. The minimum absolute atomic E-state index is 0.278. The predicted octanol–water partition coefficient (Wildman–Crippen LogP) is 2.14. The van der Waals surface area contributed by atoms with E-state index >= 15 is 0 Å². The summed E-state index contributed by atoms with van der Waals surface area (Å²) in [5, 5.41) is 4.29. The van der Waals surface area contributed by atoms with Gasteiger partial charge in [-0.15, -0.1) is 0 Å². The summed E-state index contributed by atoms with van der Waals surface area (Å²) in [6.45, 7) is 7.40. The maximum Gasteiger partial charge on any atom is 0.262 e. The molecule has 0 aromatic carbocycles. The van der Waals surface area contributed by atoms with Crippen LogP contribution >= 0.6 is 0 Å². The summed E-state index contributed by atoms with van der Waals surface area (Å²) in [7, 11) is 1.82. The fourth-order valence-corrected chi connectivity index (χ4v) is 2.05. The predicted molar refractivity (Wildman–Crippen MR) is 77.2 cm³/mol. The third kappa shape index (κ3) is 2.31. The van der Waals surface area contributed by atoms with Gasteiger partial charge in [0.05, 0.1) is 0 Å². The molecule has 0 saturated carbocycles. The van der Waals surface area contributed by atoms with E-state index in [1.807, 2.05) is 20.9 Å². The maximum absolute atomic E-state index is 12.1. The molecular weight excluding hydrogens is 254 g/mol. The van der Waals surface area contributed by atoms with Crippen molar-refractivity contribution in [3.8, 4) is 0 Å². The first kappa shape index (κ1) is 14.2. The maximum atomic E-state index is 12.1. The summed E-state index contributed by atoms with van der Waals surface area (Å²) in [6, 6.07) is 1.79. The van der Waals surface area contributed by atoms with Crippen molar-refractivity contribution in [3.63, 3.8) is 0 Å². The normalized spacial score (nSPS) is 15.3. The van der Waals surface area contributed by atoms with Crippen LogP contribution in [-0.2, 0) is 23.1 Å². The molecule has 0 aliphatic carbocycles. The Morgan fingerprint density at radius 2 is 1.75 bits per heavy atom.